The van der Waals surface area contributed by atoms with Crippen LogP contribution in [-0.2, 0) is 7.05 Å². The minimum atomic E-state index is -0.0220. The van der Waals surface area contributed by atoms with Crippen molar-refractivity contribution in [2.24, 2.45) is 12.0 Å². The van der Waals surface area contributed by atoms with Crippen LogP contribution >= 0.6 is 0 Å². The maximum absolute atomic E-state index is 11.7. The first kappa shape index (κ1) is 10.4. The van der Waals surface area contributed by atoms with Crippen LogP contribution in [0.5, 0.6) is 0 Å². The molecule has 0 aliphatic carbocycles. The van der Waals surface area contributed by atoms with E-state index in [4.69, 9.17) is 0 Å². The number of nitrogens with zero attached hydrogens (tertiary/aromatic N) is 2. The number of hydrogen-bond acceptors (Lipinski definition) is 2. The fourth-order valence-electron chi connectivity index (χ4n) is 1.25. The van der Waals surface area contributed by atoms with E-state index >= 15 is 0 Å². The highest BCUT2D eigenvalue weighted by atomic mass is 16.1. The van der Waals surface area contributed by atoms with Gasteiger partial charge in [0.15, 0.2) is 0 Å². The van der Waals surface area contributed by atoms with Gasteiger partial charge in [0, 0.05) is 26.5 Å². The zero-order valence-electron chi connectivity index (χ0n) is 8.69. The van der Waals surface area contributed by atoms with Crippen molar-refractivity contribution in [1.29, 1.82) is 0 Å². The summed E-state index contributed by atoms with van der Waals surface area (Å²) in [7, 11) is 3.39. The van der Waals surface area contributed by atoms with E-state index in [1.165, 1.54) is 0 Å². The SMILES string of the molecule is C/C=C\c1ccn(C)c(=O)c1/C=N\C. The van der Waals surface area contributed by atoms with Crippen LogP contribution in [0, 0.1) is 0 Å². The van der Waals surface area contributed by atoms with Crippen molar-refractivity contribution in [3.8, 4) is 0 Å². The Kier molecular flexibility index (Phi) is 3.40. The Morgan fingerprint density at radius 1 is 1.50 bits per heavy atom. The predicted molar refractivity (Wildman–Crippen MR) is 59.9 cm³/mol. The molecule has 0 aliphatic rings. The van der Waals surface area contributed by atoms with Gasteiger partial charge in [-0.2, -0.15) is 0 Å². The second-order valence-corrected chi connectivity index (χ2v) is 2.99. The maximum Gasteiger partial charge on any atom is 0.259 e. The van der Waals surface area contributed by atoms with E-state index in [0.29, 0.717) is 5.56 Å². The Balaban J connectivity index is 3.45. The van der Waals surface area contributed by atoms with Gasteiger partial charge in [-0.3, -0.25) is 9.79 Å². The predicted octanol–water partition coefficient (Wildman–Crippen LogP) is 1.47. The molecule has 0 aliphatic heterocycles. The molecule has 0 aromatic carbocycles. The minimum absolute atomic E-state index is 0.0220. The summed E-state index contributed by atoms with van der Waals surface area (Å²) in [6.45, 7) is 1.92. The fourth-order valence-corrected chi connectivity index (χ4v) is 1.25. The van der Waals surface area contributed by atoms with Crippen molar-refractivity contribution >= 4 is 12.3 Å². The molecule has 0 N–H and O–H groups in total. The van der Waals surface area contributed by atoms with E-state index in [1.54, 1.807) is 31.1 Å². The summed E-state index contributed by atoms with van der Waals surface area (Å²) in [6, 6.07) is 1.90. The smallest absolute Gasteiger partial charge is 0.259 e. The van der Waals surface area contributed by atoms with Gasteiger partial charge in [0.25, 0.3) is 5.56 Å². The second-order valence-electron chi connectivity index (χ2n) is 2.99. The van der Waals surface area contributed by atoms with Crippen LogP contribution in [0.4, 0.5) is 0 Å². The van der Waals surface area contributed by atoms with E-state index in [2.05, 4.69) is 4.99 Å². The Morgan fingerprint density at radius 3 is 2.79 bits per heavy atom. The normalized spacial score (nSPS) is 11.6. The van der Waals surface area contributed by atoms with E-state index in [0.717, 1.165) is 5.56 Å². The molecule has 14 heavy (non-hydrogen) atoms. The van der Waals surface area contributed by atoms with Crippen LogP contribution in [0.3, 0.4) is 0 Å². The van der Waals surface area contributed by atoms with Gasteiger partial charge in [-0.15, -0.1) is 0 Å². The first-order valence-electron chi connectivity index (χ1n) is 4.45. The lowest BCUT2D eigenvalue weighted by Crippen LogP contribution is -2.21. The molecule has 0 atom stereocenters. The van der Waals surface area contributed by atoms with Gasteiger partial charge < -0.3 is 4.57 Å². The third kappa shape index (κ3) is 1.99. The van der Waals surface area contributed by atoms with E-state index in [-0.39, 0.29) is 5.56 Å². The first-order valence-corrected chi connectivity index (χ1v) is 4.45. The molecule has 1 aromatic rings. The average Bonchev–Trinajstić information content (AvgIpc) is 2.18. The lowest BCUT2D eigenvalue weighted by molar-refractivity contribution is 0.857. The molecule has 0 radical (unpaired) electrons. The summed E-state index contributed by atoms with van der Waals surface area (Å²) in [5.41, 5.74) is 1.52. The van der Waals surface area contributed by atoms with E-state index in [9.17, 15) is 4.79 Å². The van der Waals surface area contributed by atoms with Crippen LogP contribution in [0.1, 0.15) is 18.1 Å². The van der Waals surface area contributed by atoms with Gasteiger partial charge in [0.1, 0.15) is 0 Å². The van der Waals surface area contributed by atoms with E-state index in [1.807, 2.05) is 25.1 Å². The van der Waals surface area contributed by atoms with Crippen LogP contribution in [0.25, 0.3) is 6.08 Å². The summed E-state index contributed by atoms with van der Waals surface area (Å²) in [5, 5.41) is 0. The number of aliphatic imine (C=N–C) groups is 1. The van der Waals surface area contributed by atoms with Gasteiger partial charge in [0.2, 0.25) is 0 Å². The lowest BCUT2D eigenvalue weighted by atomic mass is 10.1. The lowest BCUT2D eigenvalue weighted by Gasteiger charge is -2.02. The van der Waals surface area contributed by atoms with Gasteiger partial charge in [-0.1, -0.05) is 12.2 Å². The highest BCUT2D eigenvalue weighted by Gasteiger charge is 2.02. The number of aromatic nitrogens is 1. The first-order chi connectivity index (χ1) is 6.70. The minimum Gasteiger partial charge on any atom is -0.318 e. The molecule has 3 nitrogen and oxygen atoms in total. The Morgan fingerprint density at radius 2 is 2.21 bits per heavy atom. The van der Waals surface area contributed by atoms with Crippen molar-refractivity contribution < 1.29 is 0 Å². The molecule has 0 amide bonds. The molecule has 0 fully saturated rings. The van der Waals surface area contributed by atoms with Crippen LogP contribution < -0.4 is 5.56 Å². The van der Waals surface area contributed by atoms with Gasteiger partial charge in [0.05, 0.1) is 5.56 Å². The molecule has 1 heterocycles. The number of hydrogen-bond donors (Lipinski definition) is 0. The zero-order valence-corrected chi connectivity index (χ0v) is 8.69. The maximum atomic E-state index is 11.7. The molecule has 1 rings (SSSR count). The fraction of sp³-hybridized carbons (Fsp3) is 0.273. The summed E-state index contributed by atoms with van der Waals surface area (Å²) in [6.07, 6.45) is 7.16. The molecule has 1 aromatic heterocycles. The van der Waals surface area contributed by atoms with Crippen molar-refractivity contribution in [2.75, 3.05) is 7.05 Å². The highest BCUT2D eigenvalue weighted by molar-refractivity contribution is 5.84. The summed E-state index contributed by atoms with van der Waals surface area (Å²) in [5.74, 6) is 0. The molecule has 0 spiro atoms. The van der Waals surface area contributed by atoms with Crippen molar-refractivity contribution in [3.63, 3.8) is 0 Å². The second kappa shape index (κ2) is 4.56. The van der Waals surface area contributed by atoms with Crippen molar-refractivity contribution in [3.05, 3.63) is 39.8 Å². The summed E-state index contributed by atoms with van der Waals surface area (Å²) < 4.78 is 1.55. The highest BCUT2D eigenvalue weighted by Crippen LogP contribution is 2.03. The Hall–Kier alpha value is -1.64. The number of allylic oxidation sites excluding steroid dienone is 1. The number of rotatable bonds is 2. The topological polar surface area (TPSA) is 34.4 Å². The largest absolute Gasteiger partial charge is 0.318 e. The van der Waals surface area contributed by atoms with Crippen molar-refractivity contribution in [2.45, 2.75) is 6.92 Å². The van der Waals surface area contributed by atoms with Crippen LogP contribution in [0.2, 0.25) is 0 Å². The standard InChI is InChI=1S/C11H14N2O/c1-4-5-9-6-7-13(3)11(14)10(9)8-12-2/h4-8H,1-3H3/b5-4-,12-8-. The number of aryl methyl sites for hydroxylation is 1. The molecular weight excluding hydrogens is 176 g/mol. The zero-order chi connectivity index (χ0) is 10.6. The van der Waals surface area contributed by atoms with Gasteiger partial charge in [-0.05, 0) is 18.6 Å². The molecule has 0 saturated carbocycles. The third-order valence-corrected chi connectivity index (χ3v) is 1.94. The molecule has 3 heteroatoms. The van der Waals surface area contributed by atoms with Crippen LogP contribution in [0.15, 0.2) is 28.1 Å². The number of pyridine rings is 1. The van der Waals surface area contributed by atoms with Crippen LogP contribution in [-0.4, -0.2) is 17.8 Å². The van der Waals surface area contributed by atoms with Crippen molar-refractivity contribution in [1.82, 2.24) is 4.57 Å². The average molecular weight is 190 g/mol. The molecule has 0 saturated heterocycles. The molecule has 0 bridgehead atoms. The summed E-state index contributed by atoms with van der Waals surface area (Å²) in [4.78, 5) is 15.6. The summed E-state index contributed by atoms with van der Waals surface area (Å²) >= 11 is 0. The monoisotopic (exact) mass is 190 g/mol. The quantitative estimate of drug-likeness (QED) is 0.650. The van der Waals surface area contributed by atoms with Gasteiger partial charge >= 0.3 is 0 Å². The molecular formula is C11H14N2O. The molecule has 74 valence electrons. The third-order valence-electron chi connectivity index (χ3n) is 1.94. The molecule has 0 unspecified atom stereocenters. The Labute approximate surface area is 83.4 Å². The van der Waals surface area contributed by atoms with Gasteiger partial charge in [-0.25, -0.2) is 0 Å². The Bertz CT molecular complexity index is 427. The van der Waals surface area contributed by atoms with E-state index < -0.39 is 0 Å².